The number of nitrogens with one attached hydrogen (secondary N) is 2. The van der Waals surface area contributed by atoms with E-state index in [4.69, 9.17) is 9.47 Å². The molecule has 0 saturated carbocycles. The molecule has 16 heteroatoms. The van der Waals surface area contributed by atoms with Crippen molar-refractivity contribution in [2.45, 2.75) is 40.3 Å². The van der Waals surface area contributed by atoms with Gasteiger partial charge < -0.3 is 20.1 Å². The largest absolute Gasteiger partial charge is 0.460 e. The van der Waals surface area contributed by atoms with Gasteiger partial charge in [-0.1, -0.05) is 59.7 Å². The number of esters is 2. The fraction of sp³-hybridized carbons (Fsp3) is 0.250. The number of amidine groups is 2. The quantitative estimate of drug-likeness (QED) is 0.260. The molecule has 4 aromatic rings. The Morgan fingerprint density at radius 1 is 0.589 bits per heavy atom. The second-order valence-corrected chi connectivity index (χ2v) is 13.1. The summed E-state index contributed by atoms with van der Waals surface area (Å²) in [5.74, 6) is -1.57. The highest BCUT2D eigenvalue weighted by molar-refractivity contribution is 6.37. The number of para-hydroxylation sites is 2. The Labute approximate surface area is 324 Å². The predicted octanol–water partition coefficient (Wildman–Crippen LogP) is 4.78. The Kier molecular flexibility index (Phi) is 10.2. The second kappa shape index (κ2) is 15.3. The fourth-order valence-corrected chi connectivity index (χ4v) is 6.57. The van der Waals surface area contributed by atoms with Crippen molar-refractivity contribution in [1.82, 2.24) is 20.0 Å². The third kappa shape index (κ3) is 6.76. The van der Waals surface area contributed by atoms with Crippen LogP contribution in [-0.2, 0) is 19.1 Å². The van der Waals surface area contributed by atoms with Gasteiger partial charge in [-0.25, -0.2) is 39.6 Å². The van der Waals surface area contributed by atoms with Crippen molar-refractivity contribution in [1.29, 1.82) is 0 Å². The number of ether oxygens (including phenoxy) is 2. The van der Waals surface area contributed by atoms with E-state index in [0.717, 1.165) is 22.5 Å². The van der Waals surface area contributed by atoms with Crippen molar-refractivity contribution in [3.05, 3.63) is 119 Å². The smallest absolute Gasteiger partial charge is 0.377 e. The van der Waals surface area contributed by atoms with E-state index < -0.39 is 24.5 Å². The molecule has 4 aliphatic heterocycles. The molecular formula is C40H42N10O6. The summed E-state index contributed by atoms with van der Waals surface area (Å²) < 4.78 is 10.4. The van der Waals surface area contributed by atoms with Crippen LogP contribution in [0, 0.1) is 13.8 Å². The maximum atomic E-state index is 13.0. The predicted molar refractivity (Wildman–Crippen MR) is 211 cm³/mol. The molecule has 4 aromatic carbocycles. The molecule has 0 saturated heterocycles. The molecule has 0 radical (unpaired) electrons. The number of nitrogens with zero attached hydrogens (tertiary/aromatic N) is 8. The lowest BCUT2D eigenvalue weighted by atomic mass is 10.1. The highest BCUT2D eigenvalue weighted by Crippen LogP contribution is 2.34. The Morgan fingerprint density at radius 3 is 1.30 bits per heavy atom. The van der Waals surface area contributed by atoms with Gasteiger partial charge in [0.2, 0.25) is 12.6 Å². The van der Waals surface area contributed by atoms with Crippen LogP contribution >= 0.6 is 0 Å². The molecule has 4 heterocycles. The normalized spacial score (nSPS) is 18.1. The average Bonchev–Trinajstić information content (AvgIpc) is 3.71. The number of hydrogen-bond acceptors (Lipinski definition) is 14. The van der Waals surface area contributed by atoms with Crippen LogP contribution in [0.15, 0.2) is 107 Å². The van der Waals surface area contributed by atoms with Crippen molar-refractivity contribution >= 4 is 58.2 Å². The van der Waals surface area contributed by atoms with E-state index in [0.29, 0.717) is 22.5 Å². The van der Waals surface area contributed by atoms with E-state index in [1.807, 2.05) is 86.6 Å². The van der Waals surface area contributed by atoms with E-state index in [1.165, 1.54) is 20.0 Å². The van der Waals surface area contributed by atoms with E-state index in [2.05, 4.69) is 20.8 Å². The third-order valence-corrected chi connectivity index (χ3v) is 9.40. The second-order valence-electron chi connectivity index (χ2n) is 13.1. The summed E-state index contributed by atoms with van der Waals surface area (Å²) in [7, 11) is 3.24. The Balaban J connectivity index is 0.000000172. The number of hydrazone groups is 2. The van der Waals surface area contributed by atoms with Crippen LogP contribution in [0.4, 0.5) is 22.7 Å². The lowest BCUT2D eigenvalue weighted by Gasteiger charge is -2.34. The van der Waals surface area contributed by atoms with Crippen molar-refractivity contribution < 1.29 is 28.7 Å². The van der Waals surface area contributed by atoms with Gasteiger partial charge >= 0.3 is 11.9 Å². The molecule has 2 atom stereocenters. The number of rotatable bonds is 6. The van der Waals surface area contributed by atoms with Crippen LogP contribution in [0.2, 0.25) is 0 Å². The lowest BCUT2D eigenvalue weighted by molar-refractivity contribution is -0.137. The molecular weight excluding hydrogens is 717 g/mol. The molecule has 0 unspecified atom stereocenters. The van der Waals surface area contributed by atoms with Crippen molar-refractivity contribution in [2.75, 3.05) is 48.0 Å². The van der Waals surface area contributed by atoms with Gasteiger partial charge in [0.15, 0.2) is 0 Å². The Morgan fingerprint density at radius 2 is 0.946 bits per heavy atom. The molecule has 8 rings (SSSR count). The van der Waals surface area contributed by atoms with Gasteiger partial charge in [-0.3, -0.25) is 9.59 Å². The van der Waals surface area contributed by atoms with Gasteiger partial charge in [-0.2, -0.15) is 0 Å². The molecule has 288 valence electrons. The molecule has 2 amide bonds. The van der Waals surface area contributed by atoms with Crippen molar-refractivity contribution in [3.8, 4) is 0 Å². The minimum atomic E-state index is -0.597. The standard InChI is InChI=1S/2C20H21N5O3/c2*1-4-28-19(27)17-22-24(14-11-9-13(2)10-12-14)20-21-16-8-6-5-7-15(16)18(26)23(3)25(17)20/h2*5-12,20-21H,4H2,1-3H3/t2*20-/m10/s1. The number of hydrazine groups is 2. The summed E-state index contributed by atoms with van der Waals surface area (Å²) in [6.45, 7) is 7.89. The maximum Gasteiger partial charge on any atom is 0.377 e. The minimum Gasteiger partial charge on any atom is -0.460 e. The molecule has 0 bridgehead atoms. The molecule has 0 aromatic heterocycles. The number of aryl methyl sites for hydroxylation is 2. The molecule has 56 heavy (non-hydrogen) atoms. The molecule has 16 nitrogen and oxygen atoms in total. The van der Waals surface area contributed by atoms with Crippen LogP contribution < -0.4 is 20.7 Å². The minimum absolute atomic E-state index is 0.0450. The number of hydrogen-bond donors (Lipinski definition) is 2. The number of benzene rings is 4. The number of carbonyl (C=O) groups is 4. The Bertz CT molecular complexity index is 2070. The summed E-state index contributed by atoms with van der Waals surface area (Å²) in [6.07, 6.45) is -1.19. The fourth-order valence-electron chi connectivity index (χ4n) is 6.57. The first-order chi connectivity index (χ1) is 27.0. The number of carbonyl (C=O) groups excluding carboxylic acids is 4. The van der Waals surface area contributed by atoms with Crippen molar-refractivity contribution in [3.63, 3.8) is 0 Å². The maximum absolute atomic E-state index is 13.0. The third-order valence-electron chi connectivity index (χ3n) is 9.40. The van der Waals surface area contributed by atoms with Gasteiger partial charge in [0.25, 0.3) is 23.5 Å². The molecule has 0 spiro atoms. The SMILES string of the molecule is CCOC(=O)C1=NN(c2ccc(C)cc2)[C@@H]2Nc3ccccc3C(=O)N(C)N12.CCOC(=O)C1=NN(c2ccc(C)cc2)[C@H]2Nc3ccccc3C(=O)N(C)N12. The summed E-state index contributed by atoms with van der Waals surface area (Å²) in [5, 5.41) is 24.9. The first kappa shape index (κ1) is 37.2. The first-order valence-electron chi connectivity index (χ1n) is 18.1. The number of amides is 2. The van der Waals surface area contributed by atoms with Crippen LogP contribution in [0.1, 0.15) is 45.7 Å². The molecule has 2 N–H and O–H groups in total. The topological polar surface area (TPSA) is 155 Å². The van der Waals surface area contributed by atoms with Gasteiger partial charge in [0.05, 0.1) is 47.1 Å². The van der Waals surface area contributed by atoms with E-state index in [9.17, 15) is 19.2 Å². The molecule has 0 fully saturated rings. The zero-order chi connectivity index (χ0) is 39.7. The van der Waals surface area contributed by atoms with Crippen LogP contribution in [0.5, 0.6) is 0 Å². The molecule has 4 aliphatic rings. The van der Waals surface area contributed by atoms with Crippen LogP contribution in [0.25, 0.3) is 0 Å². The zero-order valence-corrected chi connectivity index (χ0v) is 31.8. The number of anilines is 4. The van der Waals surface area contributed by atoms with Crippen LogP contribution in [-0.4, -0.2) is 95.3 Å². The van der Waals surface area contributed by atoms with Gasteiger partial charge in [0, 0.05) is 14.1 Å². The van der Waals surface area contributed by atoms with E-state index in [-0.39, 0.29) is 36.7 Å². The monoisotopic (exact) mass is 758 g/mol. The van der Waals surface area contributed by atoms with Crippen LogP contribution in [0.3, 0.4) is 0 Å². The summed E-state index contributed by atoms with van der Waals surface area (Å²) in [5.41, 5.74) is 6.17. The van der Waals surface area contributed by atoms with Gasteiger partial charge in [0.1, 0.15) is 0 Å². The van der Waals surface area contributed by atoms with Gasteiger partial charge in [-0.15, -0.1) is 10.2 Å². The average molecular weight is 759 g/mol. The van der Waals surface area contributed by atoms with E-state index >= 15 is 0 Å². The molecule has 0 aliphatic carbocycles. The summed E-state index contributed by atoms with van der Waals surface area (Å²) in [4.78, 5) is 51.2. The highest BCUT2D eigenvalue weighted by atomic mass is 16.5. The Hall–Kier alpha value is -7.10. The van der Waals surface area contributed by atoms with Crippen molar-refractivity contribution in [2.24, 2.45) is 10.2 Å². The first-order valence-corrected chi connectivity index (χ1v) is 18.1. The number of fused-ring (bicyclic) bond motifs is 4. The zero-order valence-electron chi connectivity index (χ0n) is 31.8. The summed E-state index contributed by atoms with van der Waals surface area (Å²) in [6, 6.07) is 30.1. The highest BCUT2D eigenvalue weighted by Gasteiger charge is 2.47. The van der Waals surface area contributed by atoms with E-state index in [1.54, 1.807) is 62.2 Å². The van der Waals surface area contributed by atoms with Gasteiger partial charge in [-0.05, 0) is 76.2 Å². The summed E-state index contributed by atoms with van der Waals surface area (Å²) >= 11 is 0. The lowest BCUT2D eigenvalue weighted by Crippen LogP contribution is -2.56.